The third kappa shape index (κ3) is 2.97. The SMILES string of the molecule is O=C(CCO)N1CCc2c(n(Cc3cccc(F)c3)c3ncccc23)C1. The average molecular weight is 353 g/mol. The van der Waals surface area contributed by atoms with Crippen LogP contribution in [0.3, 0.4) is 0 Å². The first-order valence-electron chi connectivity index (χ1n) is 8.75. The zero-order valence-electron chi connectivity index (χ0n) is 14.4. The van der Waals surface area contributed by atoms with Crippen LogP contribution in [-0.2, 0) is 24.3 Å². The van der Waals surface area contributed by atoms with Gasteiger partial charge in [0.15, 0.2) is 0 Å². The number of carbonyl (C=O) groups is 1. The summed E-state index contributed by atoms with van der Waals surface area (Å²) in [5.74, 6) is -0.311. The highest BCUT2D eigenvalue weighted by Gasteiger charge is 2.26. The number of aliphatic hydroxyl groups excluding tert-OH is 1. The van der Waals surface area contributed by atoms with Gasteiger partial charge in [0.25, 0.3) is 0 Å². The highest BCUT2D eigenvalue weighted by Crippen LogP contribution is 2.30. The monoisotopic (exact) mass is 353 g/mol. The van der Waals surface area contributed by atoms with Gasteiger partial charge in [0.2, 0.25) is 5.91 Å². The summed E-state index contributed by atoms with van der Waals surface area (Å²) in [6.45, 7) is 1.48. The minimum absolute atomic E-state index is 0.0475. The molecule has 3 heterocycles. The van der Waals surface area contributed by atoms with Gasteiger partial charge in [0.1, 0.15) is 11.5 Å². The lowest BCUT2D eigenvalue weighted by Crippen LogP contribution is -2.37. The van der Waals surface area contributed by atoms with Gasteiger partial charge < -0.3 is 14.6 Å². The van der Waals surface area contributed by atoms with Crippen LogP contribution in [0.5, 0.6) is 0 Å². The first kappa shape index (κ1) is 16.7. The Bertz CT molecular complexity index is 967. The van der Waals surface area contributed by atoms with E-state index in [1.165, 1.54) is 17.7 Å². The van der Waals surface area contributed by atoms with Crippen molar-refractivity contribution >= 4 is 16.9 Å². The van der Waals surface area contributed by atoms with Crippen molar-refractivity contribution in [1.29, 1.82) is 0 Å². The molecule has 0 spiro atoms. The van der Waals surface area contributed by atoms with Gasteiger partial charge in [0.05, 0.1) is 13.2 Å². The zero-order chi connectivity index (χ0) is 18.1. The van der Waals surface area contributed by atoms with E-state index in [-0.39, 0.29) is 24.8 Å². The van der Waals surface area contributed by atoms with Crippen molar-refractivity contribution in [2.45, 2.75) is 25.9 Å². The van der Waals surface area contributed by atoms with Crippen LogP contribution in [0.1, 0.15) is 23.2 Å². The number of halogens is 1. The van der Waals surface area contributed by atoms with Crippen molar-refractivity contribution in [2.75, 3.05) is 13.2 Å². The highest BCUT2D eigenvalue weighted by atomic mass is 19.1. The minimum atomic E-state index is -0.263. The fraction of sp³-hybridized carbons (Fsp3) is 0.300. The van der Waals surface area contributed by atoms with E-state index < -0.39 is 0 Å². The molecule has 0 saturated heterocycles. The summed E-state index contributed by atoms with van der Waals surface area (Å²) in [6.07, 6.45) is 2.65. The molecule has 26 heavy (non-hydrogen) atoms. The average Bonchev–Trinajstić information content (AvgIpc) is 2.95. The predicted octanol–water partition coefficient (Wildman–Crippen LogP) is 2.49. The van der Waals surface area contributed by atoms with Crippen LogP contribution in [0, 0.1) is 5.82 Å². The second-order valence-electron chi connectivity index (χ2n) is 6.55. The molecular formula is C20H20FN3O2. The zero-order valence-corrected chi connectivity index (χ0v) is 14.4. The van der Waals surface area contributed by atoms with Gasteiger partial charge >= 0.3 is 0 Å². The first-order valence-corrected chi connectivity index (χ1v) is 8.75. The second kappa shape index (κ2) is 6.88. The number of hydrogen-bond donors (Lipinski definition) is 1. The number of rotatable bonds is 4. The number of nitrogens with zero attached hydrogens (tertiary/aromatic N) is 3. The summed E-state index contributed by atoms with van der Waals surface area (Å²) < 4.78 is 15.7. The topological polar surface area (TPSA) is 58.4 Å². The minimum Gasteiger partial charge on any atom is -0.396 e. The number of pyridine rings is 1. The van der Waals surface area contributed by atoms with Crippen LogP contribution in [0.4, 0.5) is 4.39 Å². The molecule has 0 aliphatic carbocycles. The molecule has 1 amide bonds. The molecule has 0 saturated carbocycles. The van der Waals surface area contributed by atoms with E-state index in [0.29, 0.717) is 19.6 Å². The van der Waals surface area contributed by atoms with Crippen molar-refractivity contribution in [3.63, 3.8) is 0 Å². The van der Waals surface area contributed by atoms with E-state index in [4.69, 9.17) is 5.11 Å². The maximum atomic E-state index is 13.6. The second-order valence-corrected chi connectivity index (χ2v) is 6.55. The molecule has 6 heteroatoms. The number of fused-ring (bicyclic) bond motifs is 3. The van der Waals surface area contributed by atoms with Crippen LogP contribution >= 0.6 is 0 Å². The Labute approximate surface area is 150 Å². The van der Waals surface area contributed by atoms with Gasteiger partial charge in [-0.25, -0.2) is 9.37 Å². The number of benzene rings is 1. The molecule has 0 bridgehead atoms. The standard InChI is InChI=1S/C20H20FN3O2/c21-15-4-1-3-14(11-15)12-24-18-13-23(19(26)7-10-25)9-6-16(18)17-5-2-8-22-20(17)24/h1-5,8,11,25H,6-7,9-10,12-13H2. The van der Waals surface area contributed by atoms with Gasteiger partial charge in [-0.1, -0.05) is 12.1 Å². The lowest BCUT2D eigenvalue weighted by molar-refractivity contribution is -0.132. The van der Waals surface area contributed by atoms with Crippen molar-refractivity contribution < 1.29 is 14.3 Å². The van der Waals surface area contributed by atoms with Gasteiger partial charge in [-0.15, -0.1) is 0 Å². The fourth-order valence-electron chi connectivity index (χ4n) is 3.71. The van der Waals surface area contributed by atoms with Crippen LogP contribution in [0.25, 0.3) is 11.0 Å². The maximum Gasteiger partial charge on any atom is 0.225 e. The summed E-state index contributed by atoms with van der Waals surface area (Å²) in [6, 6.07) is 10.5. The summed E-state index contributed by atoms with van der Waals surface area (Å²) in [7, 11) is 0. The Balaban J connectivity index is 1.77. The van der Waals surface area contributed by atoms with E-state index >= 15 is 0 Å². The molecule has 3 aromatic rings. The van der Waals surface area contributed by atoms with E-state index in [1.807, 2.05) is 12.1 Å². The first-order chi connectivity index (χ1) is 12.7. The summed E-state index contributed by atoms with van der Waals surface area (Å²) in [5, 5.41) is 10.1. The van der Waals surface area contributed by atoms with Crippen LogP contribution < -0.4 is 0 Å². The Hall–Kier alpha value is -2.73. The Morgan fingerprint density at radius 3 is 2.96 bits per heavy atom. The van der Waals surface area contributed by atoms with Crippen LogP contribution in [-0.4, -0.2) is 38.6 Å². The third-order valence-corrected chi connectivity index (χ3v) is 4.92. The molecule has 4 rings (SSSR count). The molecular weight excluding hydrogens is 333 g/mol. The summed E-state index contributed by atoms with van der Waals surface area (Å²) in [4.78, 5) is 18.5. The molecule has 0 unspecified atom stereocenters. The van der Waals surface area contributed by atoms with Gasteiger partial charge in [-0.05, 0) is 41.8 Å². The molecule has 0 fully saturated rings. The summed E-state index contributed by atoms with van der Waals surface area (Å²) >= 11 is 0. The molecule has 5 nitrogen and oxygen atoms in total. The Morgan fingerprint density at radius 2 is 2.15 bits per heavy atom. The van der Waals surface area contributed by atoms with Crippen molar-refractivity contribution in [3.8, 4) is 0 Å². The van der Waals surface area contributed by atoms with Gasteiger partial charge in [-0.2, -0.15) is 0 Å². The van der Waals surface area contributed by atoms with Gasteiger partial charge in [0, 0.05) is 36.8 Å². The van der Waals surface area contributed by atoms with E-state index in [1.54, 1.807) is 17.2 Å². The van der Waals surface area contributed by atoms with E-state index in [2.05, 4.69) is 15.6 Å². The Morgan fingerprint density at radius 1 is 1.27 bits per heavy atom. The Kier molecular flexibility index (Phi) is 4.42. The maximum absolute atomic E-state index is 13.6. The predicted molar refractivity (Wildman–Crippen MR) is 96.1 cm³/mol. The number of amides is 1. The summed E-state index contributed by atoms with van der Waals surface area (Å²) in [5.41, 5.74) is 3.96. The van der Waals surface area contributed by atoms with Crippen molar-refractivity contribution in [3.05, 3.63) is 65.2 Å². The normalized spacial score (nSPS) is 13.8. The lowest BCUT2D eigenvalue weighted by atomic mass is 10.0. The van der Waals surface area contributed by atoms with E-state index in [0.717, 1.165) is 28.7 Å². The largest absolute Gasteiger partial charge is 0.396 e. The number of aliphatic hydroxyl groups is 1. The van der Waals surface area contributed by atoms with Crippen molar-refractivity contribution in [2.24, 2.45) is 0 Å². The smallest absolute Gasteiger partial charge is 0.225 e. The van der Waals surface area contributed by atoms with Crippen LogP contribution in [0.2, 0.25) is 0 Å². The lowest BCUT2D eigenvalue weighted by Gasteiger charge is -2.28. The molecule has 1 aliphatic rings. The number of hydrogen-bond acceptors (Lipinski definition) is 3. The highest BCUT2D eigenvalue weighted by molar-refractivity contribution is 5.84. The number of aromatic nitrogens is 2. The molecule has 2 aromatic heterocycles. The molecule has 134 valence electrons. The molecule has 1 aliphatic heterocycles. The van der Waals surface area contributed by atoms with E-state index in [9.17, 15) is 9.18 Å². The van der Waals surface area contributed by atoms with Crippen molar-refractivity contribution in [1.82, 2.24) is 14.5 Å². The molecule has 1 N–H and O–H groups in total. The molecule has 1 aromatic carbocycles. The molecule has 0 radical (unpaired) electrons. The van der Waals surface area contributed by atoms with Crippen LogP contribution in [0.15, 0.2) is 42.6 Å². The van der Waals surface area contributed by atoms with Gasteiger partial charge in [-0.3, -0.25) is 4.79 Å². The number of carbonyl (C=O) groups excluding carboxylic acids is 1. The quantitative estimate of drug-likeness (QED) is 0.784. The fourth-order valence-corrected chi connectivity index (χ4v) is 3.71. The molecule has 0 atom stereocenters. The third-order valence-electron chi connectivity index (χ3n) is 4.92.